The summed E-state index contributed by atoms with van der Waals surface area (Å²) in [4.78, 5) is 18.1. The van der Waals surface area contributed by atoms with Crippen molar-refractivity contribution in [3.8, 4) is 11.4 Å². The van der Waals surface area contributed by atoms with Gasteiger partial charge in [0.25, 0.3) is 0 Å². The highest BCUT2D eigenvalue weighted by Crippen LogP contribution is 2.40. The molecule has 1 aliphatic carbocycles. The van der Waals surface area contributed by atoms with Crippen molar-refractivity contribution >= 4 is 27.4 Å². The molecule has 0 aromatic carbocycles. The SMILES string of the molecule is C[C@@H]1CCc2c(sc3nc(-c4cccnc4)nc(NCC[NH+](C)C)c23)C1. The maximum absolute atomic E-state index is 4.90. The molecule has 0 fully saturated rings. The van der Waals surface area contributed by atoms with Crippen LogP contribution in [0.4, 0.5) is 5.82 Å². The normalized spacial score (nSPS) is 16.8. The molecule has 26 heavy (non-hydrogen) atoms. The summed E-state index contributed by atoms with van der Waals surface area (Å²) in [7, 11) is 4.35. The van der Waals surface area contributed by atoms with E-state index in [1.807, 2.05) is 29.7 Å². The summed E-state index contributed by atoms with van der Waals surface area (Å²) in [5.74, 6) is 2.51. The largest absolute Gasteiger partial charge is 0.364 e. The van der Waals surface area contributed by atoms with Gasteiger partial charge in [-0.25, -0.2) is 9.97 Å². The Hall–Kier alpha value is -2.05. The van der Waals surface area contributed by atoms with Crippen LogP contribution in [0.25, 0.3) is 21.6 Å². The molecule has 6 heteroatoms. The maximum Gasteiger partial charge on any atom is 0.164 e. The van der Waals surface area contributed by atoms with Crippen LogP contribution in [0, 0.1) is 5.92 Å². The third-order valence-corrected chi connectivity index (χ3v) is 6.14. The van der Waals surface area contributed by atoms with E-state index in [0.717, 1.165) is 47.5 Å². The first-order valence-electron chi connectivity index (χ1n) is 9.37. The van der Waals surface area contributed by atoms with Crippen LogP contribution in [0.15, 0.2) is 24.5 Å². The number of fused-ring (bicyclic) bond motifs is 3. The van der Waals surface area contributed by atoms with E-state index in [0.29, 0.717) is 0 Å². The Bertz CT molecular complexity index is 903. The number of aromatic nitrogens is 3. The number of pyridine rings is 1. The molecule has 1 aliphatic rings. The van der Waals surface area contributed by atoms with Crippen LogP contribution >= 0.6 is 11.3 Å². The fraction of sp³-hybridized carbons (Fsp3) is 0.450. The number of quaternary nitrogens is 1. The molecule has 2 N–H and O–H groups in total. The summed E-state index contributed by atoms with van der Waals surface area (Å²) in [5.41, 5.74) is 2.44. The molecule has 4 rings (SSSR count). The summed E-state index contributed by atoms with van der Waals surface area (Å²) in [5, 5.41) is 4.84. The number of rotatable bonds is 5. The van der Waals surface area contributed by atoms with Crippen molar-refractivity contribution in [1.82, 2.24) is 15.0 Å². The molecule has 0 unspecified atom stereocenters. The number of hydrogen-bond donors (Lipinski definition) is 2. The quantitative estimate of drug-likeness (QED) is 0.726. The molecule has 1 atom stereocenters. The Morgan fingerprint density at radius 2 is 2.19 bits per heavy atom. The number of nitrogens with one attached hydrogen (secondary N) is 2. The van der Waals surface area contributed by atoms with Crippen molar-refractivity contribution in [2.45, 2.75) is 26.2 Å². The van der Waals surface area contributed by atoms with Crippen molar-refractivity contribution in [2.24, 2.45) is 5.92 Å². The smallest absolute Gasteiger partial charge is 0.164 e. The second-order valence-corrected chi connectivity index (χ2v) is 8.64. The van der Waals surface area contributed by atoms with Crippen molar-refractivity contribution in [3.05, 3.63) is 35.0 Å². The topological polar surface area (TPSA) is 55.1 Å². The highest BCUT2D eigenvalue weighted by molar-refractivity contribution is 7.19. The van der Waals surface area contributed by atoms with Crippen molar-refractivity contribution in [2.75, 3.05) is 32.5 Å². The standard InChI is InChI=1S/C20H25N5S/c1-13-6-7-15-16(11-13)26-20-17(15)19(22-9-10-25(2)3)23-18(24-20)14-5-4-8-21-12-14/h4-5,8,12-13H,6-7,9-11H2,1-3H3,(H,22,23,24)/p+1/t13-/m1/s1. The van der Waals surface area contributed by atoms with Gasteiger partial charge in [-0.05, 0) is 42.9 Å². The van der Waals surface area contributed by atoms with Crippen molar-refractivity contribution < 1.29 is 4.90 Å². The molecule has 5 nitrogen and oxygen atoms in total. The second kappa shape index (κ2) is 7.29. The number of aryl methyl sites for hydroxylation is 1. The maximum atomic E-state index is 4.90. The van der Waals surface area contributed by atoms with Crippen LogP contribution in [0.3, 0.4) is 0 Å². The Balaban J connectivity index is 1.81. The first-order valence-corrected chi connectivity index (χ1v) is 10.2. The zero-order valence-electron chi connectivity index (χ0n) is 15.7. The third-order valence-electron chi connectivity index (χ3n) is 4.99. The third kappa shape index (κ3) is 3.44. The number of hydrogen-bond acceptors (Lipinski definition) is 5. The lowest BCUT2D eigenvalue weighted by Crippen LogP contribution is -3.06. The first kappa shape index (κ1) is 17.4. The predicted molar refractivity (Wildman–Crippen MR) is 108 cm³/mol. The Morgan fingerprint density at radius 1 is 1.31 bits per heavy atom. The van der Waals surface area contributed by atoms with Gasteiger partial charge < -0.3 is 10.2 Å². The number of thiophene rings is 1. The highest BCUT2D eigenvalue weighted by Gasteiger charge is 2.24. The average Bonchev–Trinajstić information content (AvgIpc) is 2.99. The van der Waals surface area contributed by atoms with E-state index >= 15 is 0 Å². The summed E-state index contributed by atoms with van der Waals surface area (Å²) >= 11 is 1.85. The molecule has 0 bridgehead atoms. The van der Waals surface area contributed by atoms with Crippen molar-refractivity contribution in [1.29, 1.82) is 0 Å². The molecule has 3 aromatic heterocycles. The van der Waals surface area contributed by atoms with Gasteiger partial charge in [-0.2, -0.15) is 0 Å². The molecule has 3 aromatic rings. The van der Waals surface area contributed by atoms with Gasteiger partial charge in [0, 0.05) is 22.8 Å². The lowest BCUT2D eigenvalue weighted by Gasteiger charge is -2.18. The van der Waals surface area contributed by atoms with Gasteiger partial charge in [-0.3, -0.25) is 4.98 Å². The Morgan fingerprint density at radius 3 is 2.96 bits per heavy atom. The Kier molecular flexibility index (Phi) is 4.87. The first-order chi connectivity index (χ1) is 12.6. The van der Waals surface area contributed by atoms with Gasteiger partial charge in [0.05, 0.1) is 32.6 Å². The second-order valence-electron chi connectivity index (χ2n) is 7.55. The van der Waals surface area contributed by atoms with Crippen molar-refractivity contribution in [3.63, 3.8) is 0 Å². The summed E-state index contributed by atoms with van der Waals surface area (Å²) in [6.45, 7) is 4.30. The monoisotopic (exact) mass is 368 g/mol. The lowest BCUT2D eigenvalue weighted by molar-refractivity contribution is -0.856. The van der Waals surface area contributed by atoms with E-state index in [2.05, 4.69) is 31.3 Å². The Labute approximate surface area is 158 Å². The minimum absolute atomic E-state index is 0.759. The van der Waals surface area contributed by atoms with Crippen LogP contribution in [-0.2, 0) is 12.8 Å². The summed E-state index contributed by atoms with van der Waals surface area (Å²) in [6, 6.07) is 3.96. The van der Waals surface area contributed by atoms with Gasteiger partial charge in [-0.1, -0.05) is 6.92 Å². The van der Waals surface area contributed by atoms with Crippen LogP contribution < -0.4 is 10.2 Å². The zero-order chi connectivity index (χ0) is 18.1. The van der Waals surface area contributed by atoms with E-state index in [9.17, 15) is 0 Å². The summed E-state index contributed by atoms with van der Waals surface area (Å²) in [6.07, 6.45) is 7.18. The van der Waals surface area contributed by atoms with Crippen LogP contribution in [0.2, 0.25) is 0 Å². The van der Waals surface area contributed by atoms with E-state index in [4.69, 9.17) is 9.97 Å². The number of nitrogens with zero attached hydrogens (tertiary/aromatic N) is 3. The fourth-order valence-electron chi connectivity index (χ4n) is 3.53. The highest BCUT2D eigenvalue weighted by atomic mass is 32.1. The molecular formula is C20H26N5S+. The van der Waals surface area contributed by atoms with E-state index < -0.39 is 0 Å². The van der Waals surface area contributed by atoms with Gasteiger partial charge in [0.2, 0.25) is 0 Å². The molecule has 3 heterocycles. The fourth-order valence-corrected chi connectivity index (χ4v) is 4.91. The van der Waals surface area contributed by atoms with Crippen LogP contribution in [0.1, 0.15) is 23.8 Å². The minimum atomic E-state index is 0.759. The van der Waals surface area contributed by atoms with E-state index in [1.54, 1.807) is 6.20 Å². The zero-order valence-corrected chi connectivity index (χ0v) is 16.5. The molecule has 136 valence electrons. The van der Waals surface area contributed by atoms with E-state index in [1.165, 1.54) is 33.6 Å². The molecule has 0 spiro atoms. The van der Waals surface area contributed by atoms with Gasteiger partial charge in [0.1, 0.15) is 10.6 Å². The predicted octanol–water partition coefficient (Wildman–Crippen LogP) is 2.43. The molecule has 0 amide bonds. The van der Waals surface area contributed by atoms with Crippen LogP contribution in [-0.4, -0.2) is 42.1 Å². The lowest BCUT2D eigenvalue weighted by atomic mass is 9.89. The minimum Gasteiger partial charge on any atom is -0.364 e. The summed E-state index contributed by atoms with van der Waals surface area (Å²) < 4.78 is 0. The molecule has 0 saturated heterocycles. The number of likely N-dealkylation sites (N-methyl/N-ethyl adjacent to an activating group) is 1. The molecule has 0 aliphatic heterocycles. The molecular weight excluding hydrogens is 342 g/mol. The van der Waals surface area contributed by atoms with Crippen LogP contribution in [0.5, 0.6) is 0 Å². The van der Waals surface area contributed by atoms with Gasteiger partial charge in [0.15, 0.2) is 5.82 Å². The molecule has 0 saturated carbocycles. The van der Waals surface area contributed by atoms with E-state index in [-0.39, 0.29) is 0 Å². The van der Waals surface area contributed by atoms with Gasteiger partial charge >= 0.3 is 0 Å². The number of anilines is 1. The average molecular weight is 369 g/mol. The molecule has 0 radical (unpaired) electrons. The van der Waals surface area contributed by atoms with Gasteiger partial charge in [-0.15, -0.1) is 11.3 Å².